The predicted octanol–water partition coefficient (Wildman–Crippen LogP) is 5.54. The fraction of sp³-hybridized carbons (Fsp3) is 0.192. The molecule has 176 valence electrons. The number of rotatable bonds is 8. The van der Waals surface area contributed by atoms with Crippen molar-refractivity contribution in [2.45, 2.75) is 4.90 Å². The molecule has 4 rings (SSSR count). The second-order valence-corrected chi connectivity index (χ2v) is 8.24. The minimum absolute atomic E-state index is 0.516. The van der Waals surface area contributed by atoms with Crippen molar-refractivity contribution in [1.82, 2.24) is 9.78 Å². The highest BCUT2D eigenvalue weighted by Gasteiger charge is 2.23. The van der Waals surface area contributed by atoms with Gasteiger partial charge in [-0.15, -0.1) is 11.8 Å². The molecule has 0 aliphatic carbocycles. The molecule has 7 nitrogen and oxygen atoms in total. The second-order valence-electron chi connectivity index (χ2n) is 7.36. The molecule has 0 atom stereocenters. The number of ether oxygens (including phenoxy) is 4. The van der Waals surface area contributed by atoms with E-state index in [4.69, 9.17) is 29.8 Å². The lowest BCUT2D eigenvalue weighted by Crippen LogP contribution is -2.02. The van der Waals surface area contributed by atoms with E-state index in [9.17, 15) is 0 Å². The molecule has 0 spiro atoms. The lowest BCUT2D eigenvalue weighted by molar-refractivity contribution is 0.324. The summed E-state index contributed by atoms with van der Waals surface area (Å²) in [7, 11) is 6.40. The Balaban J connectivity index is 1.97. The molecule has 2 N–H and O–H groups in total. The molecule has 4 aromatic rings. The van der Waals surface area contributed by atoms with Crippen LogP contribution in [0.1, 0.15) is 0 Å². The number of nitrogen functional groups attached to an aromatic ring is 1. The number of nitrogens with two attached hydrogens (primary N) is 1. The van der Waals surface area contributed by atoms with Crippen molar-refractivity contribution in [3.05, 3.63) is 60.7 Å². The number of hydrogen-bond donors (Lipinski definition) is 1. The summed E-state index contributed by atoms with van der Waals surface area (Å²) in [4.78, 5) is 1.17. The monoisotopic (exact) mass is 477 g/mol. The molecule has 0 saturated heterocycles. The molecule has 1 heterocycles. The number of thioether (sulfide) groups is 1. The van der Waals surface area contributed by atoms with Crippen molar-refractivity contribution >= 4 is 17.6 Å². The molecular formula is C26H27N3O4S. The zero-order valence-corrected chi connectivity index (χ0v) is 20.6. The summed E-state index contributed by atoms with van der Waals surface area (Å²) in [5.74, 6) is 2.87. The standard InChI is InChI=1S/C26H27N3O4S/c1-30-19-10-8-18(9-11-19)29-26(27)23(16-6-12-20(34-5)13-7-16)24(28-29)17-14-21(31-2)25(33-4)22(15-17)32-3/h6-15H,27H2,1-5H3. The van der Waals surface area contributed by atoms with E-state index in [-0.39, 0.29) is 0 Å². The van der Waals surface area contributed by atoms with E-state index in [0.29, 0.717) is 28.8 Å². The van der Waals surface area contributed by atoms with Crippen molar-refractivity contribution < 1.29 is 18.9 Å². The summed E-state index contributed by atoms with van der Waals surface area (Å²) in [6.45, 7) is 0. The Kier molecular flexibility index (Phi) is 6.88. The van der Waals surface area contributed by atoms with Gasteiger partial charge in [0.25, 0.3) is 0 Å². The Morgan fingerprint density at radius 3 is 1.88 bits per heavy atom. The van der Waals surface area contributed by atoms with Crippen molar-refractivity contribution in [3.63, 3.8) is 0 Å². The van der Waals surface area contributed by atoms with Gasteiger partial charge in [0.05, 0.1) is 39.7 Å². The van der Waals surface area contributed by atoms with E-state index in [1.54, 1.807) is 44.9 Å². The third-order valence-corrected chi connectivity index (χ3v) is 6.30. The number of aromatic nitrogens is 2. The molecule has 0 fully saturated rings. The summed E-state index contributed by atoms with van der Waals surface area (Å²) < 4.78 is 23.7. The summed E-state index contributed by atoms with van der Waals surface area (Å²) in [6, 6.07) is 19.6. The van der Waals surface area contributed by atoms with E-state index >= 15 is 0 Å². The molecule has 34 heavy (non-hydrogen) atoms. The first-order valence-corrected chi connectivity index (χ1v) is 11.7. The van der Waals surface area contributed by atoms with Crippen molar-refractivity contribution in [2.24, 2.45) is 0 Å². The van der Waals surface area contributed by atoms with Crippen LogP contribution in [0, 0.1) is 0 Å². The van der Waals surface area contributed by atoms with E-state index in [2.05, 4.69) is 24.3 Å². The Hall–Kier alpha value is -3.78. The van der Waals surface area contributed by atoms with Gasteiger partial charge in [-0.3, -0.25) is 0 Å². The fourth-order valence-electron chi connectivity index (χ4n) is 3.81. The zero-order valence-electron chi connectivity index (χ0n) is 19.8. The Labute approximate surface area is 203 Å². The van der Waals surface area contributed by atoms with Crippen LogP contribution < -0.4 is 24.7 Å². The highest BCUT2D eigenvalue weighted by Crippen LogP contribution is 2.45. The quantitative estimate of drug-likeness (QED) is 0.334. The zero-order chi connectivity index (χ0) is 24.2. The minimum atomic E-state index is 0.516. The molecule has 0 saturated carbocycles. The number of benzene rings is 3. The molecule has 0 unspecified atom stereocenters. The van der Waals surface area contributed by atoms with Gasteiger partial charge in [-0.2, -0.15) is 5.10 Å². The summed E-state index contributed by atoms with van der Waals surface area (Å²) in [5.41, 5.74) is 10.8. The van der Waals surface area contributed by atoms with Gasteiger partial charge in [-0.1, -0.05) is 12.1 Å². The van der Waals surface area contributed by atoms with Crippen LogP contribution in [0.3, 0.4) is 0 Å². The smallest absolute Gasteiger partial charge is 0.203 e. The van der Waals surface area contributed by atoms with Crippen LogP contribution in [0.4, 0.5) is 5.82 Å². The molecule has 8 heteroatoms. The highest BCUT2D eigenvalue weighted by atomic mass is 32.2. The van der Waals surface area contributed by atoms with Crippen molar-refractivity contribution in [3.8, 4) is 51.1 Å². The Bertz CT molecular complexity index is 1260. The van der Waals surface area contributed by atoms with Crippen LogP contribution in [-0.2, 0) is 0 Å². The van der Waals surface area contributed by atoms with Crippen LogP contribution in [-0.4, -0.2) is 44.5 Å². The highest BCUT2D eigenvalue weighted by molar-refractivity contribution is 7.98. The van der Waals surface area contributed by atoms with Crippen LogP contribution in [0.2, 0.25) is 0 Å². The van der Waals surface area contributed by atoms with E-state index in [1.807, 2.05) is 42.7 Å². The van der Waals surface area contributed by atoms with Crippen molar-refractivity contribution in [2.75, 3.05) is 40.4 Å². The van der Waals surface area contributed by atoms with Crippen LogP contribution in [0.15, 0.2) is 65.6 Å². The maximum Gasteiger partial charge on any atom is 0.203 e. The van der Waals surface area contributed by atoms with E-state index in [1.165, 1.54) is 4.90 Å². The normalized spacial score (nSPS) is 10.7. The second kappa shape index (κ2) is 10.0. The Morgan fingerprint density at radius 2 is 1.38 bits per heavy atom. The van der Waals surface area contributed by atoms with Crippen LogP contribution in [0.5, 0.6) is 23.0 Å². The number of methoxy groups -OCH3 is 4. The summed E-state index contributed by atoms with van der Waals surface area (Å²) >= 11 is 1.69. The minimum Gasteiger partial charge on any atom is -0.497 e. The van der Waals surface area contributed by atoms with Crippen LogP contribution in [0.25, 0.3) is 28.1 Å². The summed E-state index contributed by atoms with van der Waals surface area (Å²) in [6.07, 6.45) is 2.05. The van der Waals surface area contributed by atoms with Crippen LogP contribution >= 0.6 is 11.8 Å². The molecule has 0 aliphatic rings. The third-order valence-electron chi connectivity index (χ3n) is 5.55. The fourth-order valence-corrected chi connectivity index (χ4v) is 4.22. The SMILES string of the molecule is COc1ccc(-n2nc(-c3cc(OC)c(OC)c(OC)c3)c(-c3ccc(SC)cc3)c2N)cc1. The topological polar surface area (TPSA) is 80.8 Å². The lowest BCUT2D eigenvalue weighted by atomic mass is 10.00. The van der Waals surface area contributed by atoms with Gasteiger partial charge in [0.15, 0.2) is 11.5 Å². The first-order valence-electron chi connectivity index (χ1n) is 10.5. The first kappa shape index (κ1) is 23.4. The van der Waals surface area contributed by atoms with Gasteiger partial charge in [0, 0.05) is 10.5 Å². The predicted molar refractivity (Wildman–Crippen MR) is 137 cm³/mol. The molecular weight excluding hydrogens is 450 g/mol. The maximum absolute atomic E-state index is 6.72. The van der Waals surface area contributed by atoms with Crippen molar-refractivity contribution in [1.29, 1.82) is 0 Å². The molecule has 1 aromatic heterocycles. The molecule has 0 radical (unpaired) electrons. The molecule has 0 bridgehead atoms. The van der Waals surface area contributed by atoms with Gasteiger partial charge in [0.1, 0.15) is 17.3 Å². The third kappa shape index (κ3) is 4.24. The van der Waals surface area contributed by atoms with Gasteiger partial charge >= 0.3 is 0 Å². The van der Waals surface area contributed by atoms with E-state index < -0.39 is 0 Å². The first-order chi connectivity index (χ1) is 16.5. The average Bonchev–Trinajstić information content (AvgIpc) is 3.24. The lowest BCUT2D eigenvalue weighted by Gasteiger charge is -2.14. The maximum atomic E-state index is 6.72. The van der Waals surface area contributed by atoms with Gasteiger partial charge in [-0.25, -0.2) is 4.68 Å². The number of nitrogens with zero attached hydrogens (tertiary/aromatic N) is 2. The Morgan fingerprint density at radius 1 is 0.765 bits per heavy atom. The van der Waals surface area contributed by atoms with Gasteiger partial charge in [0.2, 0.25) is 5.75 Å². The number of anilines is 1. The summed E-state index contributed by atoms with van der Waals surface area (Å²) in [5, 5.41) is 4.92. The van der Waals surface area contributed by atoms with Gasteiger partial charge < -0.3 is 24.7 Å². The largest absolute Gasteiger partial charge is 0.497 e. The number of hydrogen-bond acceptors (Lipinski definition) is 7. The van der Waals surface area contributed by atoms with E-state index in [0.717, 1.165) is 28.1 Å². The molecule has 0 amide bonds. The average molecular weight is 478 g/mol. The molecule has 0 aliphatic heterocycles. The van der Waals surface area contributed by atoms with Gasteiger partial charge in [-0.05, 0) is 60.4 Å². The molecule has 3 aromatic carbocycles.